The monoisotopic (exact) mass is 564 g/mol. The van der Waals surface area contributed by atoms with Gasteiger partial charge in [-0.1, -0.05) is 63.7 Å². The number of hydrogen-bond donors (Lipinski definition) is 1. The van der Waals surface area contributed by atoms with Crippen LogP contribution in [-0.2, 0) is 17.6 Å². The number of rotatable bonds is 9. The molecule has 3 nitrogen and oxygen atoms in total. The molecule has 2 aromatic rings. The van der Waals surface area contributed by atoms with Gasteiger partial charge in [0.05, 0.1) is 6.61 Å². The first-order valence-electron chi connectivity index (χ1n) is 12.7. The van der Waals surface area contributed by atoms with Crippen molar-refractivity contribution in [1.82, 2.24) is 0 Å². The Labute approximate surface area is 232 Å². The molecular weight excluding hydrogens is 523 g/mol. The zero-order valence-corrected chi connectivity index (χ0v) is 25.0. The van der Waals surface area contributed by atoms with Crippen LogP contribution in [0.1, 0.15) is 92.8 Å². The van der Waals surface area contributed by atoms with E-state index in [9.17, 15) is 4.79 Å². The van der Waals surface area contributed by atoms with E-state index in [4.69, 9.17) is 44.6 Å². The van der Waals surface area contributed by atoms with E-state index in [-0.39, 0.29) is 5.97 Å². The molecule has 200 valence electrons. The smallest absolute Gasteiger partial charge is 0.348 e. The fourth-order valence-electron chi connectivity index (χ4n) is 3.65. The number of halogens is 3. The lowest BCUT2D eigenvalue weighted by Crippen LogP contribution is -2.03. The van der Waals surface area contributed by atoms with Crippen molar-refractivity contribution in [2.24, 2.45) is 5.92 Å². The molecule has 1 N–H and O–H groups in total. The highest BCUT2D eigenvalue weighted by Gasteiger charge is 2.22. The third-order valence-corrected chi connectivity index (χ3v) is 7.29. The second-order valence-corrected chi connectivity index (χ2v) is 10.8. The minimum atomic E-state index is -0.171. The Balaban J connectivity index is 0.000000580. The zero-order chi connectivity index (χ0) is 26.6. The van der Waals surface area contributed by atoms with Gasteiger partial charge in [0.1, 0.15) is 4.88 Å². The Kier molecular flexibility index (Phi) is 20.8. The van der Waals surface area contributed by atoms with Crippen molar-refractivity contribution in [1.29, 1.82) is 0 Å². The first-order chi connectivity index (χ1) is 16.9. The topological polar surface area (TPSA) is 46.5 Å². The van der Waals surface area contributed by atoms with E-state index >= 15 is 0 Å². The number of aliphatic hydroxyl groups excluding tert-OH is 1. The third kappa shape index (κ3) is 15.2. The predicted octanol–water partition coefficient (Wildman–Crippen LogP) is 9.63. The number of unbranched alkanes of at least 4 members (excludes halogenated alkanes) is 1. The summed E-state index contributed by atoms with van der Waals surface area (Å²) in [4.78, 5) is 13.5. The number of aryl methyl sites for hydroxylation is 2. The van der Waals surface area contributed by atoms with Crippen LogP contribution in [0.25, 0.3) is 0 Å². The Morgan fingerprint density at radius 3 is 2.23 bits per heavy atom. The van der Waals surface area contributed by atoms with Gasteiger partial charge in [-0.05, 0) is 86.8 Å². The van der Waals surface area contributed by atoms with Gasteiger partial charge in [0.2, 0.25) is 0 Å². The Hall–Kier alpha value is -0.780. The number of carbonyl (C=O) groups excluding carboxylic acids is 1. The van der Waals surface area contributed by atoms with Crippen molar-refractivity contribution < 1.29 is 14.6 Å². The summed E-state index contributed by atoms with van der Waals surface area (Å²) in [6, 6.07) is 9.66. The molecule has 3 rings (SSSR count). The number of thiophene rings is 1. The van der Waals surface area contributed by atoms with Crippen molar-refractivity contribution in [3.8, 4) is 0 Å². The standard InChI is InChI=1S/C13H15Cl3.C12H18O2S.C2H6.CH4O/c14-11-4-3-9(5-11)1-2-10-6-12(15)8-13(16)7-10;1-3-5-9-14-12(13)11-8-7-10(15-11)6-4-2;2*1-2/h6-9,11H,1-5H2;7-8H,3-6,9H2,1-2H3;1-2H3;2H,1H3. The summed E-state index contributed by atoms with van der Waals surface area (Å²) >= 11 is 19.6. The van der Waals surface area contributed by atoms with Crippen LogP contribution in [0.5, 0.6) is 0 Å². The number of ether oxygens (including phenoxy) is 1. The second-order valence-electron chi connectivity index (χ2n) is 8.10. The third-order valence-electron chi connectivity index (χ3n) is 5.33. The molecule has 0 bridgehead atoms. The predicted molar refractivity (Wildman–Crippen MR) is 155 cm³/mol. The molecule has 35 heavy (non-hydrogen) atoms. The van der Waals surface area contributed by atoms with Crippen LogP contribution < -0.4 is 0 Å². The van der Waals surface area contributed by atoms with Gasteiger partial charge in [0.15, 0.2) is 0 Å². The lowest BCUT2D eigenvalue weighted by molar-refractivity contribution is 0.0505. The Morgan fingerprint density at radius 1 is 1.03 bits per heavy atom. The minimum Gasteiger partial charge on any atom is -0.462 e. The maximum atomic E-state index is 11.5. The first-order valence-corrected chi connectivity index (χ1v) is 14.7. The van der Waals surface area contributed by atoms with Gasteiger partial charge in [0, 0.05) is 27.4 Å². The van der Waals surface area contributed by atoms with E-state index in [1.807, 2.05) is 38.1 Å². The summed E-state index contributed by atoms with van der Waals surface area (Å²) in [6.45, 7) is 8.76. The number of hydrogen-bond acceptors (Lipinski definition) is 4. The molecule has 1 fully saturated rings. The molecule has 1 saturated carbocycles. The molecule has 2 unspecified atom stereocenters. The molecule has 1 aliphatic rings. The van der Waals surface area contributed by atoms with E-state index in [0.29, 0.717) is 12.0 Å². The summed E-state index contributed by atoms with van der Waals surface area (Å²) < 4.78 is 5.13. The largest absolute Gasteiger partial charge is 0.462 e. The van der Waals surface area contributed by atoms with Crippen LogP contribution in [0.3, 0.4) is 0 Å². The summed E-state index contributed by atoms with van der Waals surface area (Å²) in [5.74, 6) is 0.607. The number of alkyl halides is 1. The molecule has 1 heterocycles. The van der Waals surface area contributed by atoms with E-state index in [1.165, 1.54) is 29.7 Å². The van der Waals surface area contributed by atoms with Crippen molar-refractivity contribution in [2.45, 2.75) is 90.9 Å². The van der Waals surface area contributed by atoms with Gasteiger partial charge in [-0.15, -0.1) is 22.9 Å². The molecule has 1 aliphatic carbocycles. The highest BCUT2D eigenvalue weighted by atomic mass is 35.5. The SMILES string of the molecule is CC.CCCCOC(=O)c1ccc(CCC)s1.CO.Clc1cc(Cl)cc(CCC2CCC(Cl)C2)c1. The van der Waals surface area contributed by atoms with Crippen LogP contribution in [0.15, 0.2) is 30.3 Å². The van der Waals surface area contributed by atoms with Crippen molar-refractivity contribution in [3.63, 3.8) is 0 Å². The fraction of sp³-hybridized carbons (Fsp3) is 0.607. The van der Waals surface area contributed by atoms with Crippen LogP contribution >= 0.6 is 46.1 Å². The number of aliphatic hydroxyl groups is 1. The molecule has 0 aliphatic heterocycles. The zero-order valence-electron chi connectivity index (χ0n) is 21.9. The van der Waals surface area contributed by atoms with E-state index in [2.05, 4.69) is 13.8 Å². The molecule has 0 spiro atoms. The Bertz CT molecular complexity index is 790. The van der Waals surface area contributed by atoms with Gasteiger partial charge < -0.3 is 9.84 Å². The maximum absolute atomic E-state index is 11.5. The lowest BCUT2D eigenvalue weighted by atomic mass is 9.98. The van der Waals surface area contributed by atoms with Gasteiger partial charge in [-0.2, -0.15) is 0 Å². The van der Waals surface area contributed by atoms with Crippen LogP contribution in [0.4, 0.5) is 0 Å². The molecule has 0 amide bonds. The van der Waals surface area contributed by atoms with Gasteiger partial charge in [-0.3, -0.25) is 0 Å². The molecule has 1 aromatic heterocycles. The summed E-state index contributed by atoms with van der Waals surface area (Å²) in [5.41, 5.74) is 1.23. The number of esters is 1. The van der Waals surface area contributed by atoms with E-state index in [1.54, 1.807) is 17.4 Å². The first kappa shape index (κ1) is 34.2. The molecule has 0 radical (unpaired) electrons. The lowest BCUT2D eigenvalue weighted by Gasteiger charge is -2.09. The molecular formula is C28H43Cl3O3S. The van der Waals surface area contributed by atoms with Gasteiger partial charge >= 0.3 is 5.97 Å². The summed E-state index contributed by atoms with van der Waals surface area (Å²) in [7, 11) is 1.00. The molecule has 0 saturated heterocycles. The highest BCUT2D eigenvalue weighted by Crippen LogP contribution is 2.33. The number of benzene rings is 1. The van der Waals surface area contributed by atoms with Crippen molar-refractivity contribution in [3.05, 3.63) is 55.7 Å². The summed E-state index contributed by atoms with van der Waals surface area (Å²) in [5, 5.41) is 8.85. The van der Waals surface area contributed by atoms with Crippen LogP contribution in [-0.4, -0.2) is 30.2 Å². The average molecular weight is 566 g/mol. The normalized spacial score (nSPS) is 16.1. The van der Waals surface area contributed by atoms with Crippen LogP contribution in [0, 0.1) is 5.92 Å². The van der Waals surface area contributed by atoms with Crippen LogP contribution in [0.2, 0.25) is 10.0 Å². The fourth-order valence-corrected chi connectivity index (χ4v) is 5.60. The molecule has 2 atom stereocenters. The van der Waals surface area contributed by atoms with E-state index in [0.717, 1.165) is 66.5 Å². The minimum absolute atomic E-state index is 0.171. The van der Waals surface area contributed by atoms with Gasteiger partial charge in [0.25, 0.3) is 0 Å². The quantitative estimate of drug-likeness (QED) is 0.187. The second kappa shape index (κ2) is 21.3. The van der Waals surface area contributed by atoms with Crippen molar-refractivity contribution in [2.75, 3.05) is 13.7 Å². The van der Waals surface area contributed by atoms with Gasteiger partial charge in [-0.25, -0.2) is 4.79 Å². The number of carbonyl (C=O) groups is 1. The average Bonchev–Trinajstić information content (AvgIpc) is 3.49. The molecule has 7 heteroatoms. The Morgan fingerprint density at radius 2 is 1.69 bits per heavy atom. The maximum Gasteiger partial charge on any atom is 0.348 e. The molecule has 1 aromatic carbocycles. The van der Waals surface area contributed by atoms with E-state index < -0.39 is 0 Å². The van der Waals surface area contributed by atoms with Crippen molar-refractivity contribution >= 4 is 52.1 Å². The highest BCUT2D eigenvalue weighted by molar-refractivity contribution is 7.13. The summed E-state index contributed by atoms with van der Waals surface area (Å²) in [6.07, 6.45) is 10.0.